The largest absolute Gasteiger partial charge is 0.457 e. The van der Waals surface area contributed by atoms with Crippen LogP contribution < -0.4 is 21.5 Å². The van der Waals surface area contributed by atoms with Crippen LogP contribution in [0, 0.1) is 11.3 Å². The summed E-state index contributed by atoms with van der Waals surface area (Å²) in [5.74, 6) is 1.13. The first-order valence-corrected chi connectivity index (χ1v) is 13.4. The molecule has 3 N–H and O–H groups in total. The van der Waals surface area contributed by atoms with Gasteiger partial charge < -0.3 is 20.7 Å². The number of hydrogen-bond acceptors (Lipinski definition) is 8. The third-order valence-corrected chi connectivity index (χ3v) is 7.34. The molecule has 1 atom stereocenters. The van der Waals surface area contributed by atoms with Crippen molar-refractivity contribution in [1.82, 2.24) is 29.3 Å². The first-order valence-electron chi connectivity index (χ1n) is 13.4. The molecule has 210 valence electrons. The summed E-state index contributed by atoms with van der Waals surface area (Å²) in [7, 11) is 1.77. The van der Waals surface area contributed by atoms with Crippen LogP contribution in [0.3, 0.4) is 0 Å². The maximum Gasteiger partial charge on any atom is 0.335 e. The zero-order chi connectivity index (χ0) is 29.1. The van der Waals surface area contributed by atoms with E-state index in [0.29, 0.717) is 41.3 Å². The summed E-state index contributed by atoms with van der Waals surface area (Å²) >= 11 is 0. The minimum absolute atomic E-state index is 0.0652. The Morgan fingerprint density at radius 2 is 1.88 bits per heavy atom. The Balaban J connectivity index is 1.48. The summed E-state index contributed by atoms with van der Waals surface area (Å²) < 4.78 is 8.91. The fourth-order valence-electron chi connectivity index (χ4n) is 5.03. The normalized spacial score (nSPS) is 15.7. The number of nitrogens with zero attached hydrogens (tertiary/aromatic N) is 6. The SMILES string of the molecule is CNC(C)(C)C=C(C#N)C(=O)N1CCCC1Cn1c(=O)n(-c2ccc(Oc3ccccc3)cc2)c2c(N)ncnc21. The van der Waals surface area contributed by atoms with E-state index in [0.717, 1.165) is 6.42 Å². The second kappa shape index (κ2) is 11.3. The van der Waals surface area contributed by atoms with E-state index < -0.39 is 5.54 Å². The van der Waals surface area contributed by atoms with Crippen LogP contribution in [-0.2, 0) is 11.3 Å². The topological polar surface area (TPSA) is 144 Å². The number of likely N-dealkylation sites (N-methyl/N-ethyl adjacent to an activating group) is 1. The van der Waals surface area contributed by atoms with E-state index in [1.807, 2.05) is 44.2 Å². The minimum atomic E-state index is -0.531. The number of likely N-dealkylation sites (tertiary alicyclic amines) is 1. The molecule has 1 amide bonds. The Morgan fingerprint density at radius 1 is 1.17 bits per heavy atom. The second-order valence-corrected chi connectivity index (χ2v) is 10.5. The monoisotopic (exact) mass is 552 g/mol. The number of ether oxygens (including phenoxy) is 1. The first kappa shape index (κ1) is 27.6. The number of carbonyl (C=O) groups is 1. The highest BCUT2D eigenvalue weighted by Crippen LogP contribution is 2.27. The van der Waals surface area contributed by atoms with Gasteiger partial charge in [0.15, 0.2) is 11.5 Å². The van der Waals surface area contributed by atoms with Gasteiger partial charge in [0.1, 0.15) is 35.0 Å². The third kappa shape index (κ3) is 5.55. The van der Waals surface area contributed by atoms with Crippen LogP contribution in [0.15, 0.2) is 77.4 Å². The number of nitrogens with one attached hydrogen (secondary N) is 1. The number of para-hydroxylation sites is 1. The third-order valence-electron chi connectivity index (χ3n) is 7.34. The van der Waals surface area contributed by atoms with E-state index in [2.05, 4.69) is 21.4 Å². The van der Waals surface area contributed by atoms with Crippen LogP contribution >= 0.6 is 0 Å². The Kier molecular flexibility index (Phi) is 7.59. The number of anilines is 1. The summed E-state index contributed by atoms with van der Waals surface area (Å²) in [5, 5.41) is 12.8. The predicted octanol–water partition coefficient (Wildman–Crippen LogP) is 3.40. The fourth-order valence-corrected chi connectivity index (χ4v) is 5.03. The van der Waals surface area contributed by atoms with Gasteiger partial charge in [0.2, 0.25) is 0 Å². The molecule has 5 rings (SSSR count). The quantitative estimate of drug-likeness (QED) is 0.250. The van der Waals surface area contributed by atoms with Crippen LogP contribution in [0.2, 0.25) is 0 Å². The molecule has 2 aromatic carbocycles. The molecule has 0 radical (unpaired) electrons. The first-order chi connectivity index (χ1) is 19.7. The number of hydrogen-bond donors (Lipinski definition) is 2. The van der Waals surface area contributed by atoms with E-state index in [1.165, 1.54) is 15.5 Å². The number of carbonyl (C=O) groups excluding carboxylic acids is 1. The van der Waals surface area contributed by atoms with E-state index in [1.54, 1.807) is 42.3 Å². The number of nitrogens with two attached hydrogens (primary N) is 1. The van der Waals surface area contributed by atoms with Gasteiger partial charge in [0, 0.05) is 18.6 Å². The van der Waals surface area contributed by atoms with Crippen LogP contribution in [0.25, 0.3) is 16.9 Å². The Bertz CT molecular complexity index is 1700. The summed E-state index contributed by atoms with van der Waals surface area (Å²) in [4.78, 5) is 37.5. The van der Waals surface area contributed by atoms with Crippen molar-refractivity contribution in [2.45, 2.75) is 44.8 Å². The van der Waals surface area contributed by atoms with E-state index >= 15 is 0 Å². The summed E-state index contributed by atoms with van der Waals surface area (Å²) in [5.41, 5.74) is 6.78. The Hall–Kier alpha value is -4.95. The van der Waals surface area contributed by atoms with E-state index in [4.69, 9.17) is 10.5 Å². The number of nitrogen functional groups attached to an aromatic ring is 1. The number of amides is 1. The lowest BCUT2D eigenvalue weighted by molar-refractivity contribution is -0.127. The highest BCUT2D eigenvalue weighted by Gasteiger charge is 2.33. The van der Waals surface area contributed by atoms with Gasteiger partial charge in [-0.3, -0.25) is 13.9 Å². The Labute approximate surface area is 237 Å². The van der Waals surface area contributed by atoms with Crippen LogP contribution in [0.1, 0.15) is 26.7 Å². The van der Waals surface area contributed by atoms with Crippen molar-refractivity contribution in [3.63, 3.8) is 0 Å². The molecule has 11 heteroatoms. The molecule has 2 aromatic heterocycles. The van der Waals surface area contributed by atoms with Gasteiger partial charge in [-0.2, -0.15) is 5.26 Å². The minimum Gasteiger partial charge on any atom is -0.457 e. The number of benzene rings is 2. The van der Waals surface area contributed by atoms with Crippen LogP contribution in [0.4, 0.5) is 5.82 Å². The fraction of sp³-hybridized carbons (Fsp3) is 0.300. The molecular weight excluding hydrogens is 520 g/mol. The smallest absolute Gasteiger partial charge is 0.335 e. The number of aromatic nitrogens is 4. The number of fused-ring (bicyclic) bond motifs is 1. The zero-order valence-electron chi connectivity index (χ0n) is 23.2. The van der Waals surface area contributed by atoms with Crippen molar-refractivity contribution < 1.29 is 9.53 Å². The molecule has 4 aromatic rings. The molecule has 1 unspecified atom stereocenters. The van der Waals surface area contributed by atoms with Gasteiger partial charge in [-0.15, -0.1) is 0 Å². The standard InChI is InChI=1S/C30H32N8O3/c1-30(2,33-3)16-20(17-31)28(39)36-15-7-8-22(36)18-37-27-25(26(32)34-19-35-27)38(29(37)40)21-11-13-24(14-12-21)41-23-9-5-4-6-10-23/h4-6,9-14,16,19,22,33H,7-8,15,18H2,1-3H3,(H2,32,34,35). The predicted molar refractivity (Wildman–Crippen MR) is 156 cm³/mol. The Morgan fingerprint density at radius 3 is 2.56 bits per heavy atom. The maximum atomic E-state index is 13.9. The van der Waals surface area contributed by atoms with Crippen LogP contribution in [0.5, 0.6) is 11.5 Å². The highest BCUT2D eigenvalue weighted by molar-refractivity contribution is 5.97. The summed E-state index contributed by atoms with van der Waals surface area (Å²) in [6, 6.07) is 18.3. The van der Waals surface area contributed by atoms with Crippen molar-refractivity contribution in [1.29, 1.82) is 5.26 Å². The average Bonchev–Trinajstić information content (AvgIpc) is 3.55. The lowest BCUT2D eigenvalue weighted by Gasteiger charge is -2.26. The molecule has 1 fully saturated rings. The summed E-state index contributed by atoms with van der Waals surface area (Å²) in [6.45, 7) is 4.47. The molecule has 1 saturated heterocycles. The lowest BCUT2D eigenvalue weighted by Crippen LogP contribution is -2.42. The number of imidazole rings is 1. The lowest BCUT2D eigenvalue weighted by atomic mass is 10.0. The molecule has 1 aliphatic heterocycles. The van der Waals surface area contributed by atoms with Gasteiger partial charge in [-0.1, -0.05) is 18.2 Å². The summed E-state index contributed by atoms with van der Waals surface area (Å²) in [6.07, 6.45) is 4.41. The molecule has 0 saturated carbocycles. The zero-order valence-corrected chi connectivity index (χ0v) is 23.2. The molecule has 0 bridgehead atoms. The van der Waals surface area contributed by atoms with Crippen LogP contribution in [-0.4, -0.2) is 55.1 Å². The molecule has 3 heterocycles. The van der Waals surface area contributed by atoms with E-state index in [-0.39, 0.29) is 35.6 Å². The molecular formula is C30H32N8O3. The molecule has 1 aliphatic rings. The molecule has 11 nitrogen and oxygen atoms in total. The van der Waals surface area contributed by atoms with Gasteiger partial charge in [0.05, 0.1) is 11.7 Å². The molecule has 41 heavy (non-hydrogen) atoms. The van der Waals surface area contributed by atoms with Crippen molar-refractivity contribution in [3.05, 3.63) is 83.1 Å². The number of rotatable bonds is 8. The van der Waals surface area contributed by atoms with Gasteiger partial charge in [-0.05, 0) is 76.2 Å². The highest BCUT2D eigenvalue weighted by atomic mass is 16.5. The maximum absolute atomic E-state index is 13.9. The van der Waals surface area contributed by atoms with E-state index in [9.17, 15) is 14.9 Å². The average molecular weight is 553 g/mol. The van der Waals surface area contributed by atoms with Crippen molar-refractivity contribution in [2.24, 2.45) is 0 Å². The second-order valence-electron chi connectivity index (χ2n) is 10.5. The van der Waals surface area contributed by atoms with Crippen molar-refractivity contribution >= 4 is 22.9 Å². The molecule has 0 spiro atoms. The van der Waals surface area contributed by atoms with Gasteiger partial charge >= 0.3 is 5.69 Å². The van der Waals surface area contributed by atoms with Crippen molar-refractivity contribution in [2.75, 3.05) is 19.3 Å². The van der Waals surface area contributed by atoms with Crippen molar-refractivity contribution in [3.8, 4) is 23.3 Å². The van der Waals surface area contributed by atoms with Gasteiger partial charge in [0.25, 0.3) is 5.91 Å². The van der Waals surface area contributed by atoms with Gasteiger partial charge in [-0.25, -0.2) is 14.8 Å². The number of nitriles is 1. The molecule has 0 aliphatic carbocycles.